The Balaban J connectivity index is 2.77. The third-order valence-electron chi connectivity index (χ3n) is 2.39. The second-order valence-corrected chi connectivity index (χ2v) is 3.78. The van der Waals surface area contributed by atoms with E-state index in [1.807, 2.05) is 0 Å². The fourth-order valence-electron chi connectivity index (χ4n) is 1.77. The first kappa shape index (κ1) is 11.4. The quantitative estimate of drug-likeness (QED) is 0.872. The average molecular weight is 237 g/mol. The summed E-state index contributed by atoms with van der Waals surface area (Å²) in [5.41, 5.74) is 0.861. The maximum Gasteiger partial charge on any atom is 0.307 e. The Morgan fingerprint density at radius 2 is 2.06 bits per heavy atom. The number of nitrogens with zero attached hydrogens (tertiary/aromatic N) is 1. The van der Waals surface area contributed by atoms with Crippen LogP contribution >= 0.6 is 0 Å². The molecule has 88 valence electrons. The number of aryl methyl sites for hydroxylation is 1. The van der Waals surface area contributed by atoms with Crippen molar-refractivity contribution in [3.05, 3.63) is 41.1 Å². The van der Waals surface area contributed by atoms with E-state index in [2.05, 4.69) is 4.98 Å². The van der Waals surface area contributed by atoms with Crippen molar-refractivity contribution in [2.24, 2.45) is 0 Å². The Bertz CT molecular complexity index is 611. The van der Waals surface area contributed by atoms with Gasteiger partial charge in [-0.25, -0.2) is 8.78 Å². The van der Waals surface area contributed by atoms with Crippen LogP contribution in [0.1, 0.15) is 11.3 Å². The number of aliphatic carboxylic acids is 1. The molecule has 1 aromatic heterocycles. The van der Waals surface area contributed by atoms with Crippen molar-refractivity contribution in [2.75, 3.05) is 0 Å². The van der Waals surface area contributed by atoms with E-state index in [1.165, 1.54) is 6.07 Å². The largest absolute Gasteiger partial charge is 0.481 e. The third kappa shape index (κ3) is 2.22. The van der Waals surface area contributed by atoms with Gasteiger partial charge >= 0.3 is 5.97 Å². The molecule has 0 saturated carbocycles. The van der Waals surface area contributed by atoms with Gasteiger partial charge in [-0.15, -0.1) is 0 Å². The lowest BCUT2D eigenvalue weighted by Crippen LogP contribution is -2.03. The van der Waals surface area contributed by atoms with E-state index >= 15 is 0 Å². The molecule has 0 fully saturated rings. The molecule has 0 spiro atoms. The van der Waals surface area contributed by atoms with Crippen LogP contribution in [0.5, 0.6) is 0 Å². The van der Waals surface area contributed by atoms with E-state index in [0.717, 1.165) is 12.1 Å². The molecule has 0 radical (unpaired) electrons. The zero-order chi connectivity index (χ0) is 12.6. The number of rotatable bonds is 2. The zero-order valence-electron chi connectivity index (χ0n) is 9.00. The van der Waals surface area contributed by atoms with Crippen LogP contribution in [0.25, 0.3) is 10.9 Å². The second-order valence-electron chi connectivity index (χ2n) is 3.78. The average Bonchev–Trinajstić information content (AvgIpc) is 2.19. The van der Waals surface area contributed by atoms with Gasteiger partial charge in [0.1, 0.15) is 11.3 Å². The second kappa shape index (κ2) is 4.08. The molecular weight excluding hydrogens is 228 g/mol. The molecule has 1 N–H and O–H groups in total. The number of carboxylic acids is 1. The maximum absolute atomic E-state index is 13.5. The fraction of sp³-hybridized carbons (Fsp3) is 0.167. The first-order valence-corrected chi connectivity index (χ1v) is 4.94. The van der Waals surface area contributed by atoms with Crippen LogP contribution in [0.2, 0.25) is 0 Å². The van der Waals surface area contributed by atoms with Gasteiger partial charge < -0.3 is 5.11 Å². The number of hydrogen-bond acceptors (Lipinski definition) is 2. The van der Waals surface area contributed by atoms with Crippen molar-refractivity contribution >= 4 is 16.9 Å². The summed E-state index contributed by atoms with van der Waals surface area (Å²) in [6.45, 7) is 1.63. The molecule has 0 aliphatic rings. The van der Waals surface area contributed by atoms with Crippen LogP contribution < -0.4 is 0 Å². The van der Waals surface area contributed by atoms with Gasteiger partial charge in [0.2, 0.25) is 0 Å². The first-order valence-electron chi connectivity index (χ1n) is 4.94. The number of benzene rings is 1. The van der Waals surface area contributed by atoms with Crippen LogP contribution in [0.3, 0.4) is 0 Å². The van der Waals surface area contributed by atoms with E-state index in [1.54, 1.807) is 6.92 Å². The minimum atomic E-state index is -1.05. The Hall–Kier alpha value is -2.04. The molecule has 2 rings (SSSR count). The number of aromatic nitrogens is 1. The number of carboxylic acid groups (broad SMARTS) is 1. The Labute approximate surface area is 95.7 Å². The summed E-state index contributed by atoms with van der Waals surface area (Å²) in [7, 11) is 0. The van der Waals surface area contributed by atoms with Gasteiger partial charge in [-0.3, -0.25) is 9.78 Å². The van der Waals surface area contributed by atoms with Crippen molar-refractivity contribution in [1.82, 2.24) is 4.98 Å². The Kier molecular flexibility index (Phi) is 2.75. The van der Waals surface area contributed by atoms with E-state index in [9.17, 15) is 13.6 Å². The molecule has 0 unspecified atom stereocenters. The normalized spacial score (nSPS) is 10.8. The van der Waals surface area contributed by atoms with Crippen LogP contribution in [0.4, 0.5) is 8.78 Å². The van der Waals surface area contributed by atoms with Gasteiger partial charge in [0.15, 0.2) is 5.82 Å². The molecule has 5 heteroatoms. The van der Waals surface area contributed by atoms with Gasteiger partial charge in [0.05, 0.1) is 6.42 Å². The third-order valence-corrected chi connectivity index (χ3v) is 2.39. The molecule has 0 saturated heterocycles. The number of pyridine rings is 1. The molecule has 0 amide bonds. The van der Waals surface area contributed by atoms with Crippen LogP contribution in [0.15, 0.2) is 18.2 Å². The molecule has 1 aromatic carbocycles. The minimum Gasteiger partial charge on any atom is -0.481 e. The highest BCUT2D eigenvalue weighted by Crippen LogP contribution is 2.23. The van der Waals surface area contributed by atoms with E-state index in [0.29, 0.717) is 11.3 Å². The summed E-state index contributed by atoms with van der Waals surface area (Å²) in [4.78, 5) is 14.6. The highest BCUT2D eigenvalue weighted by Gasteiger charge is 2.12. The molecule has 0 aliphatic carbocycles. The Morgan fingerprint density at radius 1 is 1.35 bits per heavy atom. The maximum atomic E-state index is 13.5. The fourth-order valence-corrected chi connectivity index (χ4v) is 1.77. The predicted molar refractivity (Wildman–Crippen MR) is 57.7 cm³/mol. The summed E-state index contributed by atoms with van der Waals surface area (Å²) in [5, 5.41) is 8.95. The minimum absolute atomic E-state index is 0.00245. The number of fused-ring (bicyclic) bond motifs is 1. The summed E-state index contributed by atoms with van der Waals surface area (Å²) >= 11 is 0. The highest BCUT2D eigenvalue weighted by molar-refractivity contribution is 5.86. The lowest BCUT2D eigenvalue weighted by atomic mass is 10.0. The summed E-state index contributed by atoms with van der Waals surface area (Å²) in [5.74, 6) is -2.58. The van der Waals surface area contributed by atoms with E-state index in [4.69, 9.17) is 5.11 Å². The van der Waals surface area contributed by atoms with Crippen molar-refractivity contribution < 1.29 is 18.7 Å². The van der Waals surface area contributed by atoms with Gasteiger partial charge in [-0.2, -0.15) is 0 Å². The molecular formula is C12H9F2NO2. The zero-order valence-corrected chi connectivity index (χ0v) is 9.00. The van der Waals surface area contributed by atoms with E-state index < -0.39 is 17.6 Å². The van der Waals surface area contributed by atoms with Crippen LogP contribution in [-0.2, 0) is 11.2 Å². The number of halogens is 2. The first-order chi connectivity index (χ1) is 7.97. The molecule has 0 atom stereocenters. The topological polar surface area (TPSA) is 50.2 Å². The molecule has 0 bridgehead atoms. The number of carbonyl (C=O) groups is 1. The van der Waals surface area contributed by atoms with Crippen LogP contribution in [0, 0.1) is 18.6 Å². The lowest BCUT2D eigenvalue weighted by molar-refractivity contribution is -0.136. The number of hydrogen-bond donors (Lipinski definition) is 1. The summed E-state index contributed by atoms with van der Waals surface area (Å²) in [6.07, 6.45) is -0.289. The SMILES string of the molecule is Cc1cc(CC(=O)O)c2cc(F)cc(F)c2n1. The standard InChI is InChI=1S/C12H9F2NO2/c1-6-2-7(3-11(16)17)9-4-8(13)5-10(14)12(9)15-6/h2,4-5H,3H2,1H3,(H,16,17). The lowest BCUT2D eigenvalue weighted by Gasteiger charge is -2.06. The van der Waals surface area contributed by atoms with Crippen molar-refractivity contribution in [3.8, 4) is 0 Å². The molecule has 1 heterocycles. The van der Waals surface area contributed by atoms with Gasteiger partial charge in [-0.1, -0.05) is 0 Å². The van der Waals surface area contributed by atoms with E-state index in [-0.39, 0.29) is 17.3 Å². The molecule has 17 heavy (non-hydrogen) atoms. The monoisotopic (exact) mass is 237 g/mol. The summed E-state index contributed by atoms with van der Waals surface area (Å²) < 4.78 is 26.6. The predicted octanol–water partition coefficient (Wildman–Crippen LogP) is 2.45. The molecule has 3 nitrogen and oxygen atoms in total. The van der Waals surface area contributed by atoms with Crippen molar-refractivity contribution in [3.63, 3.8) is 0 Å². The van der Waals surface area contributed by atoms with Crippen LogP contribution in [-0.4, -0.2) is 16.1 Å². The van der Waals surface area contributed by atoms with Gasteiger partial charge in [0.25, 0.3) is 0 Å². The van der Waals surface area contributed by atoms with Crippen molar-refractivity contribution in [2.45, 2.75) is 13.3 Å². The van der Waals surface area contributed by atoms with Gasteiger partial charge in [-0.05, 0) is 24.6 Å². The van der Waals surface area contributed by atoms with Crippen molar-refractivity contribution in [1.29, 1.82) is 0 Å². The Morgan fingerprint density at radius 3 is 2.71 bits per heavy atom. The summed E-state index contributed by atoms with van der Waals surface area (Å²) in [6, 6.07) is 3.36. The molecule has 2 aromatic rings. The van der Waals surface area contributed by atoms with Gasteiger partial charge in [0, 0.05) is 17.1 Å². The highest BCUT2D eigenvalue weighted by atomic mass is 19.1. The smallest absolute Gasteiger partial charge is 0.307 e. The molecule has 0 aliphatic heterocycles.